The lowest BCUT2D eigenvalue weighted by Crippen LogP contribution is -2.19. The molecule has 1 N–H and O–H groups in total. The second-order valence-electron chi connectivity index (χ2n) is 4.14. The van der Waals surface area contributed by atoms with E-state index in [4.69, 9.17) is 5.11 Å². The van der Waals surface area contributed by atoms with E-state index in [1.807, 2.05) is 13.8 Å². The average Bonchev–Trinajstić information content (AvgIpc) is 2.50. The van der Waals surface area contributed by atoms with Gasteiger partial charge in [-0.15, -0.1) is 0 Å². The Kier molecular flexibility index (Phi) is 3.22. The largest absolute Gasteiger partial charge is 0.481 e. The molecular formula is C9H15N3O2. The standard InChI is InChI=1S/C9H15N3O2/c1-9(2,5-8(13)14)3-4-12-7-10-6-11-12/h6-7H,3-5H2,1-2H3,(H,13,14). The molecule has 1 heterocycles. The Morgan fingerprint density at radius 3 is 2.79 bits per heavy atom. The monoisotopic (exact) mass is 197 g/mol. The van der Waals surface area contributed by atoms with Gasteiger partial charge in [0, 0.05) is 6.54 Å². The number of carboxylic acid groups (broad SMARTS) is 1. The minimum Gasteiger partial charge on any atom is -0.481 e. The molecule has 1 aromatic rings. The zero-order chi connectivity index (χ0) is 10.6. The van der Waals surface area contributed by atoms with Crippen LogP contribution < -0.4 is 0 Å². The number of carboxylic acids is 1. The van der Waals surface area contributed by atoms with Crippen LogP contribution in [-0.2, 0) is 11.3 Å². The van der Waals surface area contributed by atoms with Crippen LogP contribution in [0, 0.1) is 5.41 Å². The van der Waals surface area contributed by atoms with E-state index in [-0.39, 0.29) is 11.8 Å². The average molecular weight is 197 g/mol. The van der Waals surface area contributed by atoms with Gasteiger partial charge in [-0.2, -0.15) is 5.10 Å². The molecule has 0 radical (unpaired) electrons. The number of aliphatic carboxylic acids is 1. The first-order valence-electron chi connectivity index (χ1n) is 4.54. The van der Waals surface area contributed by atoms with Gasteiger partial charge >= 0.3 is 5.97 Å². The minimum absolute atomic E-state index is 0.182. The number of rotatable bonds is 5. The van der Waals surface area contributed by atoms with Gasteiger partial charge in [-0.1, -0.05) is 13.8 Å². The molecule has 0 amide bonds. The second-order valence-corrected chi connectivity index (χ2v) is 4.14. The lowest BCUT2D eigenvalue weighted by atomic mass is 9.86. The van der Waals surface area contributed by atoms with Crippen molar-refractivity contribution in [3.05, 3.63) is 12.7 Å². The van der Waals surface area contributed by atoms with E-state index in [0.717, 1.165) is 6.42 Å². The van der Waals surface area contributed by atoms with Crippen molar-refractivity contribution in [2.24, 2.45) is 5.41 Å². The molecule has 0 bridgehead atoms. The Morgan fingerprint density at radius 2 is 2.29 bits per heavy atom. The number of aromatic nitrogens is 3. The van der Waals surface area contributed by atoms with Gasteiger partial charge in [0.05, 0.1) is 6.42 Å². The fraction of sp³-hybridized carbons (Fsp3) is 0.667. The van der Waals surface area contributed by atoms with Crippen molar-refractivity contribution in [2.45, 2.75) is 33.2 Å². The molecule has 5 nitrogen and oxygen atoms in total. The molecule has 0 unspecified atom stereocenters. The van der Waals surface area contributed by atoms with Crippen molar-refractivity contribution < 1.29 is 9.90 Å². The summed E-state index contributed by atoms with van der Waals surface area (Å²) in [6.45, 7) is 4.59. The van der Waals surface area contributed by atoms with Crippen LogP contribution in [0.3, 0.4) is 0 Å². The first-order valence-corrected chi connectivity index (χ1v) is 4.54. The van der Waals surface area contributed by atoms with Crippen LogP contribution in [0.1, 0.15) is 26.7 Å². The Labute approximate surface area is 82.8 Å². The predicted octanol–water partition coefficient (Wildman–Crippen LogP) is 1.17. The molecular weight excluding hydrogens is 182 g/mol. The summed E-state index contributed by atoms with van der Waals surface area (Å²) in [6.07, 6.45) is 4.07. The van der Waals surface area contributed by atoms with Crippen molar-refractivity contribution in [3.8, 4) is 0 Å². The zero-order valence-electron chi connectivity index (χ0n) is 8.47. The van der Waals surface area contributed by atoms with Crippen LogP contribution in [0.25, 0.3) is 0 Å². The quantitative estimate of drug-likeness (QED) is 0.769. The van der Waals surface area contributed by atoms with Crippen LogP contribution in [0.2, 0.25) is 0 Å². The van der Waals surface area contributed by atoms with Crippen LogP contribution >= 0.6 is 0 Å². The molecule has 0 aromatic carbocycles. The van der Waals surface area contributed by atoms with Crippen molar-refractivity contribution in [3.63, 3.8) is 0 Å². The summed E-state index contributed by atoms with van der Waals surface area (Å²) in [4.78, 5) is 14.4. The highest BCUT2D eigenvalue weighted by atomic mass is 16.4. The summed E-state index contributed by atoms with van der Waals surface area (Å²) >= 11 is 0. The maximum absolute atomic E-state index is 10.5. The predicted molar refractivity (Wildman–Crippen MR) is 50.7 cm³/mol. The smallest absolute Gasteiger partial charge is 0.303 e. The van der Waals surface area contributed by atoms with E-state index in [2.05, 4.69) is 10.1 Å². The van der Waals surface area contributed by atoms with Gasteiger partial charge in [-0.3, -0.25) is 9.48 Å². The van der Waals surface area contributed by atoms with Crippen LogP contribution in [-0.4, -0.2) is 25.8 Å². The summed E-state index contributed by atoms with van der Waals surface area (Å²) < 4.78 is 1.71. The maximum atomic E-state index is 10.5. The summed E-state index contributed by atoms with van der Waals surface area (Å²) in [7, 11) is 0. The highest BCUT2D eigenvalue weighted by Gasteiger charge is 2.21. The van der Waals surface area contributed by atoms with Crippen molar-refractivity contribution in [1.29, 1.82) is 0 Å². The molecule has 1 rings (SSSR count). The molecule has 0 saturated heterocycles. The van der Waals surface area contributed by atoms with Gasteiger partial charge < -0.3 is 5.11 Å². The van der Waals surface area contributed by atoms with Gasteiger partial charge in [0.2, 0.25) is 0 Å². The second kappa shape index (κ2) is 4.21. The maximum Gasteiger partial charge on any atom is 0.303 e. The third kappa shape index (κ3) is 3.55. The van der Waals surface area contributed by atoms with Gasteiger partial charge in [-0.25, -0.2) is 4.98 Å². The first kappa shape index (κ1) is 10.7. The normalized spacial score (nSPS) is 11.6. The lowest BCUT2D eigenvalue weighted by molar-refractivity contribution is -0.139. The third-order valence-corrected chi connectivity index (χ3v) is 2.11. The number of nitrogens with zero attached hydrogens (tertiary/aromatic N) is 3. The molecule has 0 spiro atoms. The highest BCUT2D eigenvalue weighted by Crippen LogP contribution is 2.25. The van der Waals surface area contributed by atoms with E-state index in [0.29, 0.717) is 6.54 Å². The number of aryl methyl sites for hydroxylation is 1. The highest BCUT2D eigenvalue weighted by molar-refractivity contribution is 5.67. The lowest BCUT2D eigenvalue weighted by Gasteiger charge is -2.21. The number of carbonyl (C=O) groups is 1. The summed E-state index contributed by atoms with van der Waals surface area (Å²) in [5.74, 6) is -0.756. The Balaban J connectivity index is 2.40. The Hall–Kier alpha value is -1.39. The van der Waals surface area contributed by atoms with E-state index in [1.165, 1.54) is 6.33 Å². The number of hydrogen-bond acceptors (Lipinski definition) is 3. The van der Waals surface area contributed by atoms with Gasteiger partial charge in [0.25, 0.3) is 0 Å². The molecule has 0 aliphatic carbocycles. The SMILES string of the molecule is CC(C)(CCn1cncn1)CC(=O)O. The molecule has 5 heteroatoms. The number of hydrogen-bond donors (Lipinski definition) is 1. The molecule has 78 valence electrons. The topological polar surface area (TPSA) is 68.0 Å². The van der Waals surface area contributed by atoms with Crippen molar-refractivity contribution >= 4 is 5.97 Å². The van der Waals surface area contributed by atoms with Crippen LogP contribution in [0.15, 0.2) is 12.7 Å². The van der Waals surface area contributed by atoms with E-state index in [1.54, 1.807) is 11.0 Å². The summed E-state index contributed by atoms with van der Waals surface area (Å²) in [6, 6.07) is 0. The fourth-order valence-electron chi connectivity index (χ4n) is 1.26. The van der Waals surface area contributed by atoms with Gasteiger partial charge in [0.1, 0.15) is 12.7 Å². The molecule has 1 aromatic heterocycles. The summed E-state index contributed by atoms with van der Waals surface area (Å²) in [5.41, 5.74) is -0.197. The molecule has 0 fully saturated rings. The van der Waals surface area contributed by atoms with E-state index < -0.39 is 5.97 Å². The summed E-state index contributed by atoms with van der Waals surface area (Å²) in [5, 5.41) is 12.6. The molecule has 14 heavy (non-hydrogen) atoms. The third-order valence-electron chi connectivity index (χ3n) is 2.11. The molecule has 0 aliphatic heterocycles. The van der Waals surface area contributed by atoms with Crippen LogP contribution in [0.4, 0.5) is 0 Å². The van der Waals surface area contributed by atoms with E-state index in [9.17, 15) is 4.79 Å². The molecule has 0 saturated carbocycles. The van der Waals surface area contributed by atoms with Crippen molar-refractivity contribution in [1.82, 2.24) is 14.8 Å². The van der Waals surface area contributed by atoms with Crippen molar-refractivity contribution in [2.75, 3.05) is 0 Å². The first-order chi connectivity index (χ1) is 6.49. The van der Waals surface area contributed by atoms with Gasteiger partial charge in [-0.05, 0) is 11.8 Å². The molecule has 0 atom stereocenters. The van der Waals surface area contributed by atoms with Crippen LogP contribution in [0.5, 0.6) is 0 Å². The zero-order valence-corrected chi connectivity index (χ0v) is 8.47. The van der Waals surface area contributed by atoms with Gasteiger partial charge in [0.15, 0.2) is 0 Å². The minimum atomic E-state index is -0.756. The Morgan fingerprint density at radius 1 is 1.57 bits per heavy atom. The van der Waals surface area contributed by atoms with E-state index >= 15 is 0 Å². The molecule has 0 aliphatic rings. The Bertz CT molecular complexity index is 293. The fourth-order valence-corrected chi connectivity index (χ4v) is 1.26.